The molecule has 0 aliphatic carbocycles. The molecule has 0 saturated carbocycles. The predicted molar refractivity (Wildman–Crippen MR) is 87.9 cm³/mol. The summed E-state index contributed by atoms with van der Waals surface area (Å²) in [6, 6.07) is 33.4. The van der Waals surface area contributed by atoms with Gasteiger partial charge in [-0.05, 0) is 21.5 Å². The molecule has 0 aliphatic heterocycles. The fourth-order valence-electron chi connectivity index (χ4n) is 2.27. The first kappa shape index (κ1) is 12.4. The van der Waals surface area contributed by atoms with Gasteiger partial charge in [-0.1, -0.05) is 97.1 Å². The summed E-state index contributed by atoms with van der Waals surface area (Å²) < 4.78 is 0. The van der Waals surface area contributed by atoms with Crippen molar-refractivity contribution in [1.29, 1.82) is 0 Å². The van der Waals surface area contributed by atoms with Gasteiger partial charge in [0.15, 0.2) is 0 Å². The van der Waals surface area contributed by atoms with Gasteiger partial charge in [-0.2, -0.15) is 0 Å². The van der Waals surface area contributed by atoms with Crippen molar-refractivity contribution < 1.29 is 0 Å². The molecule has 0 N–H and O–H groups in total. The van der Waals surface area contributed by atoms with Gasteiger partial charge in [-0.15, -0.1) is 0 Å². The fourth-order valence-corrected chi connectivity index (χ4v) is 2.27. The molecule has 96 valence electrons. The molecule has 0 saturated heterocycles. The van der Waals surface area contributed by atoms with Gasteiger partial charge in [-0.3, -0.25) is 0 Å². The fraction of sp³-hybridized carbons (Fsp3) is 0. The minimum absolute atomic E-state index is 1.31. The Morgan fingerprint density at radius 3 is 0.550 bits per heavy atom. The van der Waals surface area contributed by atoms with E-state index in [-0.39, 0.29) is 0 Å². The first-order chi connectivity index (χ1) is 9.93. The van der Waals surface area contributed by atoms with Gasteiger partial charge in [-0.25, -0.2) is 0 Å². The van der Waals surface area contributed by atoms with Crippen molar-refractivity contribution >= 4 is 21.5 Å². The molecule has 4 rings (SSSR count). The van der Waals surface area contributed by atoms with E-state index in [9.17, 15) is 0 Å². The van der Waals surface area contributed by atoms with Crippen LogP contribution in [0, 0.1) is 0 Å². The Hall–Kier alpha value is -2.60. The summed E-state index contributed by atoms with van der Waals surface area (Å²) >= 11 is 0. The first-order valence-electron chi connectivity index (χ1n) is 6.81. The summed E-state index contributed by atoms with van der Waals surface area (Å²) in [6.45, 7) is 0. The summed E-state index contributed by atoms with van der Waals surface area (Å²) in [5.41, 5.74) is 0. The van der Waals surface area contributed by atoms with Crippen molar-refractivity contribution in [2.45, 2.75) is 0 Å². The summed E-state index contributed by atoms with van der Waals surface area (Å²) in [7, 11) is 0. The molecule has 0 aliphatic rings. The average molecular weight is 256 g/mol. The molecule has 0 nitrogen and oxygen atoms in total. The maximum atomic E-state index is 2.12. The largest absolute Gasteiger partial charge is 0.0616 e. The summed E-state index contributed by atoms with van der Waals surface area (Å²) in [5.74, 6) is 0. The Bertz CT molecular complexity index is 613. The molecule has 0 radical (unpaired) electrons. The second kappa shape index (κ2) is 6.03. The third-order valence-electron chi connectivity index (χ3n) is 3.32. The van der Waals surface area contributed by atoms with Crippen molar-refractivity contribution in [3.8, 4) is 0 Å². The Kier molecular flexibility index (Phi) is 3.75. The highest BCUT2D eigenvalue weighted by molar-refractivity contribution is 5.82. The van der Waals surface area contributed by atoms with Crippen LogP contribution in [0.2, 0.25) is 0 Å². The van der Waals surface area contributed by atoms with E-state index < -0.39 is 0 Å². The van der Waals surface area contributed by atoms with Crippen LogP contribution in [-0.4, -0.2) is 0 Å². The van der Waals surface area contributed by atoms with Crippen molar-refractivity contribution in [3.63, 3.8) is 0 Å². The topological polar surface area (TPSA) is 0 Å². The zero-order chi connectivity index (χ0) is 13.6. The molecular formula is C20H16. The maximum Gasteiger partial charge on any atom is -0.0184 e. The van der Waals surface area contributed by atoms with E-state index in [2.05, 4.69) is 97.1 Å². The molecule has 4 aromatic carbocycles. The predicted octanol–water partition coefficient (Wildman–Crippen LogP) is 5.68. The third-order valence-corrected chi connectivity index (χ3v) is 3.32. The van der Waals surface area contributed by atoms with E-state index in [1.165, 1.54) is 21.5 Å². The molecule has 0 bridgehead atoms. The van der Waals surface area contributed by atoms with Crippen LogP contribution in [0.1, 0.15) is 0 Å². The van der Waals surface area contributed by atoms with Crippen LogP contribution in [0.25, 0.3) is 21.5 Å². The lowest BCUT2D eigenvalue weighted by atomic mass is 10.1. The van der Waals surface area contributed by atoms with Gasteiger partial charge in [0.2, 0.25) is 0 Å². The quantitative estimate of drug-likeness (QED) is 0.379. The second-order valence-electron chi connectivity index (χ2n) is 4.69. The van der Waals surface area contributed by atoms with Crippen molar-refractivity contribution in [1.82, 2.24) is 0 Å². The highest BCUT2D eigenvalue weighted by Crippen LogP contribution is 2.11. The minimum atomic E-state index is 1.31. The second-order valence-corrected chi connectivity index (χ2v) is 4.69. The molecule has 0 unspecified atom stereocenters. The van der Waals surface area contributed by atoms with E-state index in [0.29, 0.717) is 0 Å². The van der Waals surface area contributed by atoms with Gasteiger partial charge in [0.25, 0.3) is 0 Å². The van der Waals surface area contributed by atoms with E-state index in [0.717, 1.165) is 0 Å². The molecule has 4 aromatic rings. The van der Waals surface area contributed by atoms with Crippen molar-refractivity contribution in [3.05, 3.63) is 97.1 Å². The molecular weight excluding hydrogens is 240 g/mol. The molecule has 0 fully saturated rings. The lowest BCUT2D eigenvalue weighted by molar-refractivity contribution is 1.75. The molecule has 0 heterocycles. The molecule has 0 atom stereocenters. The van der Waals surface area contributed by atoms with Crippen LogP contribution < -0.4 is 0 Å². The highest BCUT2D eigenvalue weighted by Gasteiger charge is 1.86. The zero-order valence-electron chi connectivity index (χ0n) is 11.2. The van der Waals surface area contributed by atoms with Gasteiger partial charge >= 0.3 is 0 Å². The van der Waals surface area contributed by atoms with Crippen LogP contribution in [-0.2, 0) is 0 Å². The molecule has 20 heavy (non-hydrogen) atoms. The van der Waals surface area contributed by atoms with Crippen LogP contribution in [0.4, 0.5) is 0 Å². The zero-order valence-corrected chi connectivity index (χ0v) is 11.2. The van der Waals surface area contributed by atoms with Crippen LogP contribution >= 0.6 is 0 Å². The number of hydrogen-bond donors (Lipinski definition) is 0. The number of rotatable bonds is 0. The lowest BCUT2D eigenvalue weighted by Crippen LogP contribution is -1.67. The SMILES string of the molecule is c1ccc2ccccc2c1.c1ccc2ccccc2c1. The van der Waals surface area contributed by atoms with E-state index in [1.807, 2.05) is 0 Å². The van der Waals surface area contributed by atoms with E-state index in [1.54, 1.807) is 0 Å². The smallest absolute Gasteiger partial charge is 0.0184 e. The normalized spacial score (nSPS) is 10.0. The van der Waals surface area contributed by atoms with E-state index >= 15 is 0 Å². The Morgan fingerprint density at radius 2 is 0.400 bits per heavy atom. The molecule has 0 aromatic heterocycles. The van der Waals surface area contributed by atoms with Gasteiger partial charge in [0, 0.05) is 0 Å². The van der Waals surface area contributed by atoms with Gasteiger partial charge in [0.1, 0.15) is 0 Å². The minimum Gasteiger partial charge on any atom is -0.0616 e. The maximum absolute atomic E-state index is 2.12. The summed E-state index contributed by atoms with van der Waals surface area (Å²) in [6.07, 6.45) is 0. The summed E-state index contributed by atoms with van der Waals surface area (Å²) in [5, 5.41) is 5.24. The number of hydrogen-bond acceptors (Lipinski definition) is 0. The van der Waals surface area contributed by atoms with Gasteiger partial charge < -0.3 is 0 Å². The Morgan fingerprint density at radius 1 is 0.250 bits per heavy atom. The Balaban J connectivity index is 0.000000121. The molecule has 0 spiro atoms. The van der Waals surface area contributed by atoms with E-state index in [4.69, 9.17) is 0 Å². The van der Waals surface area contributed by atoms with Crippen molar-refractivity contribution in [2.75, 3.05) is 0 Å². The van der Waals surface area contributed by atoms with Gasteiger partial charge in [0.05, 0.1) is 0 Å². The Labute approximate surface area is 119 Å². The lowest BCUT2D eigenvalue weighted by Gasteiger charge is -1.92. The number of benzene rings is 4. The first-order valence-corrected chi connectivity index (χ1v) is 6.81. The summed E-state index contributed by atoms with van der Waals surface area (Å²) in [4.78, 5) is 0. The highest BCUT2D eigenvalue weighted by atomic mass is 13.9. The molecule has 0 amide bonds. The standard InChI is InChI=1S/2C10H8/c2*1-2-6-10-8-4-3-7-9(10)5-1/h2*1-8H. The van der Waals surface area contributed by atoms with Crippen molar-refractivity contribution in [2.24, 2.45) is 0 Å². The monoisotopic (exact) mass is 256 g/mol. The number of fused-ring (bicyclic) bond motifs is 2. The van der Waals surface area contributed by atoms with Crippen LogP contribution in [0.5, 0.6) is 0 Å². The average Bonchev–Trinajstić information content (AvgIpc) is 2.56. The molecule has 0 heteroatoms. The third kappa shape index (κ3) is 2.86. The van der Waals surface area contributed by atoms with Crippen LogP contribution in [0.15, 0.2) is 97.1 Å². The van der Waals surface area contributed by atoms with Crippen LogP contribution in [0.3, 0.4) is 0 Å².